The van der Waals surface area contributed by atoms with Gasteiger partial charge in [0.2, 0.25) is 0 Å². The van der Waals surface area contributed by atoms with E-state index in [0.29, 0.717) is 0 Å². The van der Waals surface area contributed by atoms with Crippen molar-refractivity contribution in [2.24, 2.45) is 5.92 Å². The zero-order valence-corrected chi connectivity index (χ0v) is 11.4. The summed E-state index contributed by atoms with van der Waals surface area (Å²) in [6, 6.07) is 4.20. The van der Waals surface area contributed by atoms with Crippen LogP contribution < -0.4 is 10.6 Å². The topological polar surface area (TPSA) is 37.0 Å². The largest absolute Gasteiger partial charge is 0.380 e. The summed E-state index contributed by atoms with van der Waals surface area (Å²) < 4.78 is 0. The van der Waals surface area contributed by atoms with Crippen molar-refractivity contribution in [3.8, 4) is 0 Å². The summed E-state index contributed by atoms with van der Waals surface area (Å²) >= 11 is 0. The maximum absolute atomic E-state index is 4.63. The molecule has 0 atom stereocenters. The predicted molar refractivity (Wildman–Crippen MR) is 76.1 cm³/mol. The van der Waals surface area contributed by atoms with Crippen molar-refractivity contribution in [1.29, 1.82) is 0 Å². The summed E-state index contributed by atoms with van der Waals surface area (Å²) in [7, 11) is 0. The van der Waals surface area contributed by atoms with Crippen LogP contribution >= 0.6 is 0 Å². The normalized spacial score (nSPS) is 30.4. The molecular formula is C15H23N3. The summed E-state index contributed by atoms with van der Waals surface area (Å²) in [5.74, 6) is 1.99. The molecule has 2 heterocycles. The molecule has 1 aliphatic heterocycles. The SMILES string of the molecule is CCC1CCC2(CC1)CNc1ccc(C)nc1N2. The van der Waals surface area contributed by atoms with E-state index in [-0.39, 0.29) is 5.54 Å². The Balaban J connectivity index is 1.78. The number of pyridine rings is 1. The van der Waals surface area contributed by atoms with E-state index < -0.39 is 0 Å². The van der Waals surface area contributed by atoms with Crippen LogP contribution in [0.4, 0.5) is 11.5 Å². The number of aryl methyl sites for hydroxylation is 1. The van der Waals surface area contributed by atoms with E-state index in [1.54, 1.807) is 0 Å². The molecule has 3 heteroatoms. The average Bonchev–Trinajstić information content (AvgIpc) is 2.39. The molecule has 0 amide bonds. The second-order valence-electron chi connectivity index (χ2n) is 5.96. The molecule has 3 nitrogen and oxygen atoms in total. The molecule has 2 N–H and O–H groups in total. The van der Waals surface area contributed by atoms with Crippen LogP contribution in [-0.4, -0.2) is 17.1 Å². The van der Waals surface area contributed by atoms with Crippen molar-refractivity contribution in [2.45, 2.75) is 51.5 Å². The maximum atomic E-state index is 4.63. The number of nitrogens with zero attached hydrogens (tertiary/aromatic N) is 1. The first-order valence-corrected chi connectivity index (χ1v) is 7.20. The molecule has 0 aromatic carbocycles. The minimum Gasteiger partial charge on any atom is -0.380 e. The summed E-state index contributed by atoms with van der Waals surface area (Å²) in [6.45, 7) is 5.41. The van der Waals surface area contributed by atoms with Crippen LogP contribution in [0.5, 0.6) is 0 Å². The maximum Gasteiger partial charge on any atom is 0.150 e. The van der Waals surface area contributed by atoms with Crippen molar-refractivity contribution in [2.75, 3.05) is 17.2 Å². The first kappa shape index (κ1) is 11.8. The van der Waals surface area contributed by atoms with Crippen LogP contribution in [0.2, 0.25) is 0 Å². The monoisotopic (exact) mass is 245 g/mol. The summed E-state index contributed by atoms with van der Waals surface area (Å²) in [5.41, 5.74) is 2.49. The van der Waals surface area contributed by atoms with Gasteiger partial charge in [-0.05, 0) is 50.7 Å². The molecule has 0 unspecified atom stereocenters. The molecule has 18 heavy (non-hydrogen) atoms. The Morgan fingerprint density at radius 3 is 2.83 bits per heavy atom. The average molecular weight is 245 g/mol. The molecule has 1 aromatic heterocycles. The third kappa shape index (κ3) is 2.06. The van der Waals surface area contributed by atoms with Gasteiger partial charge in [-0.1, -0.05) is 13.3 Å². The predicted octanol–water partition coefficient (Wildman–Crippen LogP) is 3.57. The molecule has 1 spiro atoms. The second kappa shape index (κ2) is 4.45. The third-order valence-corrected chi connectivity index (χ3v) is 4.67. The lowest BCUT2D eigenvalue weighted by Crippen LogP contribution is -2.50. The van der Waals surface area contributed by atoms with Gasteiger partial charge in [-0.15, -0.1) is 0 Å². The summed E-state index contributed by atoms with van der Waals surface area (Å²) in [4.78, 5) is 4.63. The van der Waals surface area contributed by atoms with Gasteiger partial charge >= 0.3 is 0 Å². The number of hydrogen-bond donors (Lipinski definition) is 2. The van der Waals surface area contributed by atoms with Crippen molar-refractivity contribution >= 4 is 11.5 Å². The lowest BCUT2D eigenvalue weighted by Gasteiger charge is -2.44. The van der Waals surface area contributed by atoms with Gasteiger partial charge < -0.3 is 10.6 Å². The molecule has 1 aromatic rings. The summed E-state index contributed by atoms with van der Waals surface area (Å²) in [5, 5.41) is 7.28. The molecule has 1 fully saturated rings. The van der Waals surface area contributed by atoms with Crippen molar-refractivity contribution in [3.63, 3.8) is 0 Å². The molecule has 1 saturated carbocycles. The van der Waals surface area contributed by atoms with E-state index in [1.165, 1.54) is 32.1 Å². The standard InChI is InChI=1S/C15H23N3/c1-3-12-6-8-15(9-7-12)10-16-13-5-4-11(2)17-14(13)18-15/h4-5,12,16H,3,6-10H2,1-2H3,(H,17,18). The van der Waals surface area contributed by atoms with Gasteiger partial charge in [-0.2, -0.15) is 0 Å². The fourth-order valence-corrected chi connectivity index (χ4v) is 3.29. The fraction of sp³-hybridized carbons (Fsp3) is 0.667. The van der Waals surface area contributed by atoms with Gasteiger partial charge in [0.25, 0.3) is 0 Å². The second-order valence-corrected chi connectivity index (χ2v) is 5.96. The van der Waals surface area contributed by atoms with Gasteiger partial charge in [-0.25, -0.2) is 4.98 Å². The number of hydrogen-bond acceptors (Lipinski definition) is 3. The first-order chi connectivity index (χ1) is 8.71. The molecule has 2 aliphatic rings. The zero-order valence-electron chi connectivity index (χ0n) is 11.4. The van der Waals surface area contributed by atoms with Gasteiger partial charge in [-0.3, -0.25) is 0 Å². The highest BCUT2D eigenvalue weighted by Gasteiger charge is 2.37. The highest BCUT2D eigenvalue weighted by Crippen LogP contribution is 2.39. The summed E-state index contributed by atoms with van der Waals surface area (Å²) in [6.07, 6.45) is 6.58. The Morgan fingerprint density at radius 2 is 2.11 bits per heavy atom. The number of aromatic nitrogens is 1. The van der Waals surface area contributed by atoms with E-state index >= 15 is 0 Å². The number of nitrogens with one attached hydrogen (secondary N) is 2. The molecule has 0 saturated heterocycles. The number of anilines is 2. The van der Waals surface area contributed by atoms with Crippen LogP contribution in [0, 0.1) is 12.8 Å². The van der Waals surface area contributed by atoms with E-state index in [4.69, 9.17) is 0 Å². The van der Waals surface area contributed by atoms with Gasteiger partial charge in [0, 0.05) is 12.2 Å². The van der Waals surface area contributed by atoms with E-state index in [9.17, 15) is 0 Å². The van der Waals surface area contributed by atoms with Crippen LogP contribution in [0.3, 0.4) is 0 Å². The Morgan fingerprint density at radius 1 is 1.33 bits per heavy atom. The molecule has 98 valence electrons. The third-order valence-electron chi connectivity index (χ3n) is 4.67. The minimum absolute atomic E-state index is 0.249. The number of fused-ring (bicyclic) bond motifs is 1. The van der Waals surface area contributed by atoms with Crippen molar-refractivity contribution < 1.29 is 0 Å². The molecule has 1 aliphatic carbocycles. The molecule has 3 rings (SSSR count). The van der Waals surface area contributed by atoms with Gasteiger partial charge in [0.05, 0.1) is 11.2 Å². The van der Waals surface area contributed by atoms with Crippen LogP contribution in [0.15, 0.2) is 12.1 Å². The molecule has 0 bridgehead atoms. The highest BCUT2D eigenvalue weighted by molar-refractivity contribution is 5.68. The highest BCUT2D eigenvalue weighted by atomic mass is 15.2. The van der Waals surface area contributed by atoms with Crippen LogP contribution in [0.25, 0.3) is 0 Å². The van der Waals surface area contributed by atoms with E-state index in [2.05, 4.69) is 41.6 Å². The molecular weight excluding hydrogens is 222 g/mol. The van der Waals surface area contributed by atoms with Gasteiger partial charge in [0.15, 0.2) is 0 Å². The lowest BCUT2D eigenvalue weighted by atomic mass is 9.75. The quantitative estimate of drug-likeness (QED) is 0.794. The molecule has 0 radical (unpaired) electrons. The fourth-order valence-electron chi connectivity index (χ4n) is 3.29. The first-order valence-electron chi connectivity index (χ1n) is 7.20. The Labute approximate surface area is 109 Å². The van der Waals surface area contributed by atoms with E-state index in [1.807, 2.05) is 0 Å². The van der Waals surface area contributed by atoms with Crippen LogP contribution in [-0.2, 0) is 0 Å². The smallest absolute Gasteiger partial charge is 0.150 e. The Hall–Kier alpha value is -1.25. The van der Waals surface area contributed by atoms with Gasteiger partial charge in [0.1, 0.15) is 5.82 Å². The van der Waals surface area contributed by atoms with E-state index in [0.717, 1.165) is 29.7 Å². The lowest BCUT2D eigenvalue weighted by molar-refractivity contribution is 0.255. The Bertz CT molecular complexity index is 433. The minimum atomic E-state index is 0.249. The zero-order chi connectivity index (χ0) is 12.6. The Kier molecular flexibility index (Phi) is 2.92. The van der Waals surface area contributed by atoms with Crippen molar-refractivity contribution in [1.82, 2.24) is 4.98 Å². The van der Waals surface area contributed by atoms with Crippen molar-refractivity contribution in [3.05, 3.63) is 17.8 Å². The number of rotatable bonds is 1. The van der Waals surface area contributed by atoms with Crippen LogP contribution in [0.1, 0.15) is 44.7 Å².